The highest BCUT2D eigenvalue weighted by Gasteiger charge is 2.32. The summed E-state index contributed by atoms with van der Waals surface area (Å²) in [6.45, 7) is 6.46. The minimum absolute atomic E-state index is 0.0801. The molecule has 0 aliphatic carbocycles. The van der Waals surface area contributed by atoms with Crippen LogP contribution < -0.4 is 16.0 Å². The zero-order chi connectivity index (χ0) is 18.4. The van der Waals surface area contributed by atoms with Crippen molar-refractivity contribution in [3.63, 3.8) is 0 Å². The van der Waals surface area contributed by atoms with E-state index in [4.69, 9.17) is 16.3 Å². The number of carbonyl (C=O) groups excluding carboxylic acids is 2. The number of nitrogens with two attached hydrogens (primary N) is 1. The van der Waals surface area contributed by atoms with Crippen LogP contribution in [0, 0.1) is 0 Å². The molecule has 25 heavy (non-hydrogen) atoms. The lowest BCUT2D eigenvalue weighted by Crippen LogP contribution is -2.86. The summed E-state index contributed by atoms with van der Waals surface area (Å²) in [5, 5.41) is 8.26. The van der Waals surface area contributed by atoms with Gasteiger partial charge >= 0.3 is 12.0 Å². The van der Waals surface area contributed by atoms with Gasteiger partial charge in [0.2, 0.25) is 0 Å². The highest BCUT2D eigenvalue weighted by molar-refractivity contribution is 6.31. The lowest BCUT2D eigenvalue weighted by Gasteiger charge is -2.28. The Morgan fingerprint density at radius 1 is 1.36 bits per heavy atom. The maximum atomic E-state index is 12.3. The number of amides is 2. The summed E-state index contributed by atoms with van der Waals surface area (Å²) < 4.78 is 5.17. The van der Waals surface area contributed by atoms with Crippen molar-refractivity contribution < 1.29 is 19.6 Å². The summed E-state index contributed by atoms with van der Waals surface area (Å²) in [6, 6.07) is 7.09. The van der Waals surface area contributed by atoms with Crippen molar-refractivity contribution in [3.8, 4) is 0 Å². The number of esters is 1. The van der Waals surface area contributed by atoms with Gasteiger partial charge in [-0.25, -0.2) is 9.59 Å². The summed E-state index contributed by atoms with van der Waals surface area (Å²) in [4.78, 5) is 24.2. The zero-order valence-electron chi connectivity index (χ0n) is 14.8. The second kappa shape index (κ2) is 8.87. The third-order valence-electron chi connectivity index (χ3n) is 4.22. The molecule has 2 rings (SSSR count). The Morgan fingerprint density at radius 3 is 2.72 bits per heavy atom. The number of ether oxygens (including phenoxy) is 1. The average molecular weight is 367 g/mol. The van der Waals surface area contributed by atoms with Gasteiger partial charge in [0.1, 0.15) is 12.6 Å². The van der Waals surface area contributed by atoms with E-state index in [2.05, 4.69) is 10.6 Å². The number of quaternary nitrogens is 1. The quantitative estimate of drug-likeness (QED) is 0.644. The van der Waals surface area contributed by atoms with E-state index in [1.807, 2.05) is 43.4 Å². The molecule has 0 saturated carbocycles. The lowest BCUT2D eigenvalue weighted by atomic mass is 10.00. The van der Waals surface area contributed by atoms with E-state index in [1.54, 1.807) is 6.92 Å². The van der Waals surface area contributed by atoms with E-state index < -0.39 is 5.97 Å². The molecule has 0 unspecified atom stereocenters. The van der Waals surface area contributed by atoms with Crippen molar-refractivity contribution >= 4 is 23.6 Å². The first-order valence-electron chi connectivity index (χ1n) is 8.53. The molecule has 1 heterocycles. The number of halogens is 1. The molecule has 0 fully saturated rings. The summed E-state index contributed by atoms with van der Waals surface area (Å²) >= 11 is 6.24. The average Bonchev–Trinajstić information content (AvgIpc) is 2.59. The van der Waals surface area contributed by atoms with E-state index in [9.17, 15) is 9.59 Å². The zero-order valence-corrected chi connectivity index (χ0v) is 15.5. The van der Waals surface area contributed by atoms with Gasteiger partial charge in [-0.2, -0.15) is 0 Å². The van der Waals surface area contributed by atoms with Crippen molar-refractivity contribution in [3.05, 3.63) is 46.1 Å². The van der Waals surface area contributed by atoms with Crippen molar-refractivity contribution in [2.24, 2.45) is 0 Å². The highest BCUT2D eigenvalue weighted by atomic mass is 35.5. The topological polar surface area (TPSA) is 84.0 Å². The van der Waals surface area contributed by atoms with Crippen LogP contribution in [-0.4, -0.2) is 31.2 Å². The Kier molecular flexibility index (Phi) is 6.84. The van der Waals surface area contributed by atoms with Gasteiger partial charge in [0.25, 0.3) is 0 Å². The van der Waals surface area contributed by atoms with Gasteiger partial charge in [-0.05, 0) is 26.3 Å². The third kappa shape index (κ3) is 4.74. The maximum Gasteiger partial charge on any atom is 0.338 e. The van der Waals surface area contributed by atoms with Crippen molar-refractivity contribution in [2.75, 3.05) is 13.2 Å². The molecule has 7 heteroatoms. The summed E-state index contributed by atoms with van der Waals surface area (Å²) in [5.74, 6) is -0.393. The molecule has 1 aromatic carbocycles. The van der Waals surface area contributed by atoms with Gasteiger partial charge in [0, 0.05) is 10.6 Å². The minimum atomic E-state index is -0.393. The van der Waals surface area contributed by atoms with Crippen LogP contribution in [0.2, 0.25) is 5.02 Å². The maximum absolute atomic E-state index is 12.3. The second-order valence-electron chi connectivity index (χ2n) is 5.92. The first-order valence-corrected chi connectivity index (χ1v) is 8.91. The van der Waals surface area contributed by atoms with Gasteiger partial charge in [0.15, 0.2) is 0 Å². The summed E-state index contributed by atoms with van der Waals surface area (Å²) in [5.41, 5.74) is 2.09. The molecule has 0 aromatic heterocycles. The van der Waals surface area contributed by atoms with Gasteiger partial charge in [-0.1, -0.05) is 36.7 Å². The SMILES string of the molecule is CCOC(=O)C1=C(C[NH2+][C@H](C)c2ccccc2Cl)NC(=O)N[C@@H]1CC. The van der Waals surface area contributed by atoms with Crippen molar-refractivity contribution in [1.29, 1.82) is 0 Å². The number of hydrogen-bond acceptors (Lipinski definition) is 3. The first-order chi connectivity index (χ1) is 12.0. The highest BCUT2D eigenvalue weighted by Crippen LogP contribution is 2.20. The fourth-order valence-electron chi connectivity index (χ4n) is 2.89. The number of rotatable bonds is 7. The molecular weight excluding hydrogens is 342 g/mol. The van der Waals surface area contributed by atoms with Gasteiger partial charge in [-0.3, -0.25) is 0 Å². The molecule has 0 radical (unpaired) electrons. The molecule has 1 aliphatic rings. The molecule has 0 bridgehead atoms. The van der Waals surface area contributed by atoms with Crippen molar-refractivity contribution in [1.82, 2.24) is 10.6 Å². The molecule has 6 nitrogen and oxygen atoms in total. The Labute approximate surface area is 153 Å². The van der Waals surface area contributed by atoms with E-state index in [-0.39, 0.29) is 18.1 Å². The normalized spacial score (nSPS) is 18.4. The molecular formula is C18H25ClN3O3+. The van der Waals surface area contributed by atoms with E-state index in [0.717, 1.165) is 5.56 Å². The van der Waals surface area contributed by atoms with Crippen LogP contribution in [0.4, 0.5) is 4.79 Å². The van der Waals surface area contributed by atoms with Gasteiger partial charge in [-0.15, -0.1) is 0 Å². The molecule has 2 atom stereocenters. The van der Waals surface area contributed by atoms with Gasteiger partial charge in [0.05, 0.1) is 23.9 Å². The van der Waals surface area contributed by atoms with Crippen molar-refractivity contribution in [2.45, 2.75) is 39.3 Å². The second-order valence-corrected chi connectivity index (χ2v) is 6.33. The number of nitrogens with one attached hydrogen (secondary N) is 2. The van der Waals surface area contributed by atoms with Crippen LogP contribution >= 0.6 is 11.6 Å². The fraction of sp³-hybridized carbons (Fsp3) is 0.444. The van der Waals surface area contributed by atoms with Gasteiger partial charge < -0.3 is 20.7 Å². The van der Waals surface area contributed by atoms with Crippen LogP contribution in [0.5, 0.6) is 0 Å². The molecule has 2 amide bonds. The lowest BCUT2D eigenvalue weighted by molar-refractivity contribution is -0.686. The molecule has 4 N–H and O–H groups in total. The standard InChI is InChI=1S/C18H24ClN3O3/c1-4-14-16(17(23)25-5-2)15(22-18(24)21-14)10-20-11(3)12-8-6-7-9-13(12)19/h6-9,11,14,20H,4-5,10H2,1-3H3,(H2,21,22,24)/p+1/t11-,14-/m1/s1. The monoisotopic (exact) mass is 366 g/mol. The smallest absolute Gasteiger partial charge is 0.338 e. The van der Waals surface area contributed by atoms with E-state index in [0.29, 0.717) is 35.9 Å². The predicted octanol–water partition coefficient (Wildman–Crippen LogP) is 1.87. The summed E-state index contributed by atoms with van der Waals surface area (Å²) in [6.07, 6.45) is 0.616. The van der Waals surface area contributed by atoms with Crippen LogP contribution in [0.1, 0.15) is 38.8 Å². The van der Waals surface area contributed by atoms with E-state index >= 15 is 0 Å². The Bertz CT molecular complexity index is 675. The van der Waals surface area contributed by atoms with Crippen LogP contribution in [0.25, 0.3) is 0 Å². The predicted molar refractivity (Wildman–Crippen MR) is 96.1 cm³/mol. The summed E-state index contributed by atoms with van der Waals surface area (Å²) in [7, 11) is 0. The molecule has 1 aromatic rings. The fourth-order valence-corrected chi connectivity index (χ4v) is 3.20. The molecule has 1 aliphatic heterocycles. The molecule has 136 valence electrons. The number of benzene rings is 1. The van der Waals surface area contributed by atoms with Crippen LogP contribution in [-0.2, 0) is 9.53 Å². The molecule has 0 spiro atoms. The Morgan fingerprint density at radius 2 is 2.08 bits per heavy atom. The van der Waals surface area contributed by atoms with Crippen LogP contribution in [0.3, 0.4) is 0 Å². The van der Waals surface area contributed by atoms with Crippen LogP contribution in [0.15, 0.2) is 35.5 Å². The number of carbonyl (C=O) groups is 2. The minimum Gasteiger partial charge on any atom is -0.463 e. The third-order valence-corrected chi connectivity index (χ3v) is 4.56. The first kappa shape index (κ1) is 19.3. The number of hydrogen-bond donors (Lipinski definition) is 3. The Hall–Kier alpha value is -2.05. The van der Waals surface area contributed by atoms with E-state index in [1.165, 1.54) is 0 Å². The molecule has 0 saturated heterocycles. The Balaban J connectivity index is 2.21. The largest absolute Gasteiger partial charge is 0.463 e. The number of urea groups is 1.